The minimum absolute atomic E-state index is 0.0284. The first kappa shape index (κ1) is 21.1. The van der Waals surface area contributed by atoms with Gasteiger partial charge in [0.25, 0.3) is 0 Å². The average molecular weight is 572 g/mol. The van der Waals surface area contributed by atoms with Crippen LogP contribution in [0.3, 0.4) is 0 Å². The Morgan fingerprint density at radius 1 is 1.26 bits per heavy atom. The lowest BCUT2D eigenvalue weighted by molar-refractivity contribution is 0.156. The zero-order valence-electron chi connectivity index (χ0n) is 9.69. The van der Waals surface area contributed by atoms with Crippen LogP contribution in [0.15, 0.2) is 11.1 Å². The predicted octanol–water partition coefficient (Wildman–Crippen LogP) is 4.68. The van der Waals surface area contributed by atoms with Crippen molar-refractivity contribution in [3.63, 3.8) is 0 Å². The maximum atomic E-state index is 10.9. The van der Waals surface area contributed by atoms with Crippen LogP contribution < -0.4 is 0 Å². The molecule has 0 amide bonds. The summed E-state index contributed by atoms with van der Waals surface area (Å²) in [4.78, 5) is 18.0. The molecule has 0 aromatic carbocycles. The van der Waals surface area contributed by atoms with Crippen molar-refractivity contribution < 1.29 is 18.9 Å². The van der Waals surface area contributed by atoms with Gasteiger partial charge in [-0.3, -0.25) is 4.52 Å². The molecular weight excluding hydrogens is 558 g/mol. The summed E-state index contributed by atoms with van der Waals surface area (Å²) in [6.45, 7) is 0. The third kappa shape index (κ3) is 12.3. The first-order chi connectivity index (χ1) is 8.67. The lowest BCUT2D eigenvalue weighted by atomic mass is 10.2. The van der Waals surface area contributed by atoms with E-state index in [1.54, 1.807) is 0 Å². The summed E-state index contributed by atoms with van der Waals surface area (Å²) in [6.07, 6.45) is 1.74. The maximum absolute atomic E-state index is 10.9. The van der Waals surface area contributed by atoms with Crippen LogP contribution in [-0.4, -0.2) is 36.2 Å². The van der Waals surface area contributed by atoms with Crippen LogP contribution in [0.1, 0.15) is 12.8 Å². The van der Waals surface area contributed by atoms with Crippen molar-refractivity contribution in [2.24, 2.45) is 0 Å². The normalized spacial score (nSPS) is 18.2. The van der Waals surface area contributed by atoms with Crippen LogP contribution in [0, 0.1) is 0 Å². The SMILES string of the molecule is O=P(O)(O)OC(C=C(Cl)CC(Br)CBr)CC(Br)CBr. The quantitative estimate of drug-likeness (QED) is 0.311. The fourth-order valence-corrected chi connectivity index (χ4v) is 3.39. The van der Waals surface area contributed by atoms with Crippen molar-refractivity contribution in [3.8, 4) is 0 Å². The first-order valence-electron chi connectivity index (χ1n) is 5.18. The van der Waals surface area contributed by atoms with Gasteiger partial charge in [0.1, 0.15) is 0 Å². The van der Waals surface area contributed by atoms with E-state index in [9.17, 15) is 4.57 Å². The van der Waals surface area contributed by atoms with Crippen molar-refractivity contribution in [1.29, 1.82) is 0 Å². The Balaban J connectivity index is 4.72. The number of phosphoric acid groups is 1. The number of hydrogen-bond acceptors (Lipinski definition) is 2. The van der Waals surface area contributed by atoms with Gasteiger partial charge in [0.15, 0.2) is 0 Å². The van der Waals surface area contributed by atoms with E-state index in [1.807, 2.05) is 0 Å². The van der Waals surface area contributed by atoms with Gasteiger partial charge >= 0.3 is 7.82 Å². The fourth-order valence-electron chi connectivity index (χ4n) is 1.17. The molecule has 114 valence electrons. The molecule has 2 N–H and O–H groups in total. The summed E-state index contributed by atoms with van der Waals surface area (Å²) < 4.78 is 15.7. The highest BCUT2D eigenvalue weighted by molar-refractivity contribution is 9.12. The van der Waals surface area contributed by atoms with Crippen LogP contribution in [-0.2, 0) is 9.09 Å². The molecule has 0 heterocycles. The molecule has 4 nitrogen and oxygen atoms in total. The van der Waals surface area contributed by atoms with Crippen molar-refractivity contribution >= 4 is 83.1 Å². The Morgan fingerprint density at radius 3 is 2.21 bits per heavy atom. The molecule has 0 saturated heterocycles. The van der Waals surface area contributed by atoms with Gasteiger partial charge < -0.3 is 9.79 Å². The van der Waals surface area contributed by atoms with Gasteiger partial charge in [-0.05, 0) is 18.9 Å². The van der Waals surface area contributed by atoms with E-state index in [2.05, 4.69) is 63.7 Å². The van der Waals surface area contributed by atoms with Crippen LogP contribution in [0.25, 0.3) is 0 Å². The molecule has 3 unspecified atom stereocenters. The molecule has 0 aliphatic rings. The molecule has 0 rings (SSSR count). The lowest BCUT2D eigenvalue weighted by Gasteiger charge is -2.18. The van der Waals surface area contributed by atoms with Crippen LogP contribution in [0.4, 0.5) is 0 Å². The number of halogens is 5. The Hall–Kier alpha value is 2.06. The smallest absolute Gasteiger partial charge is 0.303 e. The monoisotopic (exact) mass is 568 g/mol. The fraction of sp³-hybridized carbons (Fsp3) is 0.778. The van der Waals surface area contributed by atoms with Crippen LogP contribution >= 0.6 is 83.1 Å². The number of allylic oxidation sites excluding steroid dienone is 1. The Kier molecular flexibility index (Phi) is 11.9. The molecule has 0 aromatic rings. The van der Waals surface area contributed by atoms with Crippen molar-refractivity contribution in [2.45, 2.75) is 28.6 Å². The molecule has 0 aliphatic heterocycles. The van der Waals surface area contributed by atoms with Gasteiger partial charge in [0.05, 0.1) is 6.10 Å². The van der Waals surface area contributed by atoms with Gasteiger partial charge in [-0.25, -0.2) is 4.57 Å². The third-order valence-corrected chi connectivity index (χ3v) is 7.35. The number of alkyl halides is 4. The molecule has 3 atom stereocenters. The molecule has 19 heavy (non-hydrogen) atoms. The second kappa shape index (κ2) is 10.7. The maximum Gasteiger partial charge on any atom is 0.470 e. The number of hydrogen-bond donors (Lipinski definition) is 2. The van der Waals surface area contributed by atoms with E-state index in [-0.39, 0.29) is 9.65 Å². The zero-order valence-corrected chi connectivity index (χ0v) is 17.7. The minimum Gasteiger partial charge on any atom is -0.303 e. The molecule has 0 aromatic heterocycles. The Bertz CT molecular complexity index is 338. The van der Waals surface area contributed by atoms with Gasteiger partial charge in [0, 0.05) is 25.3 Å². The van der Waals surface area contributed by atoms with E-state index >= 15 is 0 Å². The highest BCUT2D eigenvalue weighted by Crippen LogP contribution is 2.39. The summed E-state index contributed by atoms with van der Waals surface area (Å²) >= 11 is 19.4. The van der Waals surface area contributed by atoms with Crippen molar-refractivity contribution in [2.75, 3.05) is 10.7 Å². The summed E-state index contributed by atoms with van der Waals surface area (Å²) in [5, 5.41) is 1.86. The molecule has 0 spiro atoms. The molecule has 0 bridgehead atoms. The largest absolute Gasteiger partial charge is 0.470 e. The van der Waals surface area contributed by atoms with E-state index in [1.165, 1.54) is 6.08 Å². The second-order valence-electron chi connectivity index (χ2n) is 3.69. The highest BCUT2D eigenvalue weighted by Gasteiger charge is 2.23. The second-order valence-corrected chi connectivity index (χ2v) is 9.25. The molecule has 0 aliphatic carbocycles. The molecule has 0 radical (unpaired) electrons. The lowest BCUT2D eigenvalue weighted by Crippen LogP contribution is -2.16. The van der Waals surface area contributed by atoms with Gasteiger partial charge in [-0.1, -0.05) is 75.3 Å². The standard InChI is InChI=1S/C9H14Br4ClO4P/c10-4-6(12)1-8(14)3-9(2-7(13)5-11)18-19(15,16)17/h3,6-7,9H,1-2,4-5H2,(H2,15,16,17). The molecule has 0 fully saturated rings. The van der Waals surface area contributed by atoms with E-state index in [0.717, 1.165) is 5.33 Å². The summed E-state index contributed by atoms with van der Waals surface area (Å²) in [5.74, 6) is 0. The minimum atomic E-state index is -4.55. The Morgan fingerprint density at radius 2 is 1.79 bits per heavy atom. The zero-order chi connectivity index (χ0) is 15.1. The Labute approximate surface area is 151 Å². The van der Waals surface area contributed by atoms with Crippen LogP contribution in [0.2, 0.25) is 0 Å². The highest BCUT2D eigenvalue weighted by atomic mass is 79.9. The summed E-state index contributed by atoms with van der Waals surface area (Å²) in [6, 6.07) is 0. The molecule has 0 saturated carbocycles. The van der Waals surface area contributed by atoms with Crippen molar-refractivity contribution in [1.82, 2.24) is 0 Å². The number of rotatable bonds is 9. The van der Waals surface area contributed by atoms with Gasteiger partial charge in [0.2, 0.25) is 0 Å². The van der Waals surface area contributed by atoms with Gasteiger partial charge in [-0.2, -0.15) is 0 Å². The molecule has 10 heteroatoms. The predicted molar refractivity (Wildman–Crippen MR) is 93.1 cm³/mol. The van der Waals surface area contributed by atoms with Crippen molar-refractivity contribution in [3.05, 3.63) is 11.1 Å². The van der Waals surface area contributed by atoms with Gasteiger partial charge in [-0.15, -0.1) is 0 Å². The van der Waals surface area contributed by atoms with E-state index < -0.39 is 13.9 Å². The summed E-state index contributed by atoms with van der Waals surface area (Å²) in [7, 11) is -4.55. The van der Waals surface area contributed by atoms with E-state index in [0.29, 0.717) is 23.2 Å². The topological polar surface area (TPSA) is 66.8 Å². The molecular formula is C9H14Br4ClO4P. The first-order valence-corrected chi connectivity index (χ1v) is 11.2. The number of phosphoric ester groups is 1. The van der Waals surface area contributed by atoms with E-state index in [4.69, 9.17) is 25.9 Å². The average Bonchev–Trinajstić information content (AvgIpc) is 2.25. The summed E-state index contributed by atoms with van der Waals surface area (Å²) in [5.41, 5.74) is 0. The third-order valence-electron chi connectivity index (χ3n) is 1.88. The van der Waals surface area contributed by atoms with Crippen LogP contribution in [0.5, 0.6) is 0 Å².